The number of hydrogen-bond donors (Lipinski definition) is 2. The summed E-state index contributed by atoms with van der Waals surface area (Å²) in [7, 11) is -3.18. The van der Waals surface area contributed by atoms with Gasteiger partial charge in [-0.1, -0.05) is 38.4 Å². The minimum absolute atomic E-state index is 0.0895. The number of nitrogens with two attached hydrogens (primary N) is 1. The fourth-order valence-electron chi connectivity index (χ4n) is 1.84. The lowest BCUT2D eigenvalue weighted by atomic mass is 10.0. The van der Waals surface area contributed by atoms with Crippen molar-refractivity contribution in [3.63, 3.8) is 0 Å². The van der Waals surface area contributed by atoms with E-state index in [2.05, 4.69) is 4.72 Å². The third-order valence-electron chi connectivity index (χ3n) is 3.07. The summed E-state index contributed by atoms with van der Waals surface area (Å²) < 4.78 is 26.4. The first kappa shape index (κ1) is 13.9. The van der Waals surface area contributed by atoms with Crippen LogP contribution in [0.5, 0.6) is 0 Å². The molecule has 0 aliphatic heterocycles. The topological polar surface area (TPSA) is 72.2 Å². The smallest absolute Gasteiger partial charge is 0.214 e. The predicted octanol–water partition coefficient (Wildman–Crippen LogP) is 1.16. The summed E-state index contributed by atoms with van der Waals surface area (Å²) in [4.78, 5) is 0.353. The summed E-state index contributed by atoms with van der Waals surface area (Å²) in [5, 5.41) is -0.222. The summed E-state index contributed by atoms with van der Waals surface area (Å²) in [6, 6.07) is 0. The average molecular weight is 264 g/mol. The Balaban J connectivity index is 2.47. The van der Waals surface area contributed by atoms with Crippen LogP contribution in [0, 0.1) is 5.92 Å². The molecule has 0 aromatic carbocycles. The molecule has 0 radical (unpaired) electrons. The van der Waals surface area contributed by atoms with E-state index in [9.17, 15) is 8.42 Å². The van der Waals surface area contributed by atoms with Crippen LogP contribution in [0.3, 0.4) is 0 Å². The molecule has 6 heteroatoms. The highest BCUT2D eigenvalue weighted by Crippen LogP contribution is 2.22. The molecule has 94 valence electrons. The Morgan fingerprint density at radius 1 is 1.44 bits per heavy atom. The first-order valence-corrected chi connectivity index (χ1v) is 7.66. The minimum Gasteiger partial charge on any atom is -0.393 e. The van der Waals surface area contributed by atoms with Crippen LogP contribution in [0.15, 0.2) is 0 Å². The zero-order valence-electron chi connectivity index (χ0n) is 9.61. The lowest BCUT2D eigenvalue weighted by Gasteiger charge is -2.22. The normalized spacial score (nSPS) is 20.6. The van der Waals surface area contributed by atoms with E-state index in [0.29, 0.717) is 11.5 Å². The molecule has 0 amide bonds. The SMILES string of the molecule is CC(CNS(=O)(=O)C1CCCCC1)C(N)=S. The van der Waals surface area contributed by atoms with E-state index < -0.39 is 10.0 Å². The molecule has 1 fully saturated rings. The molecule has 1 saturated carbocycles. The van der Waals surface area contributed by atoms with Gasteiger partial charge in [0.2, 0.25) is 10.0 Å². The second-order valence-corrected chi connectivity index (χ2v) is 6.97. The number of rotatable bonds is 5. The molecule has 0 bridgehead atoms. The third-order valence-corrected chi connectivity index (χ3v) is 5.39. The Labute approximate surface area is 103 Å². The second kappa shape index (κ2) is 5.93. The Kier molecular flexibility index (Phi) is 5.14. The molecule has 0 aromatic rings. The van der Waals surface area contributed by atoms with Gasteiger partial charge in [-0.3, -0.25) is 0 Å². The van der Waals surface area contributed by atoms with Crippen LogP contribution in [-0.2, 0) is 10.0 Å². The summed E-state index contributed by atoms with van der Waals surface area (Å²) in [6.45, 7) is 2.14. The van der Waals surface area contributed by atoms with Crippen molar-refractivity contribution in [2.24, 2.45) is 11.7 Å². The monoisotopic (exact) mass is 264 g/mol. The van der Waals surface area contributed by atoms with E-state index in [4.69, 9.17) is 18.0 Å². The van der Waals surface area contributed by atoms with Gasteiger partial charge in [0.05, 0.1) is 10.2 Å². The van der Waals surface area contributed by atoms with Gasteiger partial charge in [-0.2, -0.15) is 0 Å². The lowest BCUT2D eigenvalue weighted by Crippen LogP contribution is -2.39. The van der Waals surface area contributed by atoms with Gasteiger partial charge in [-0.05, 0) is 12.8 Å². The van der Waals surface area contributed by atoms with Gasteiger partial charge in [0, 0.05) is 12.5 Å². The predicted molar refractivity (Wildman–Crippen MR) is 69.7 cm³/mol. The zero-order valence-corrected chi connectivity index (χ0v) is 11.2. The highest BCUT2D eigenvalue weighted by Gasteiger charge is 2.27. The Morgan fingerprint density at radius 3 is 2.50 bits per heavy atom. The fourth-order valence-corrected chi connectivity index (χ4v) is 3.59. The van der Waals surface area contributed by atoms with Crippen molar-refractivity contribution in [3.8, 4) is 0 Å². The molecule has 3 N–H and O–H groups in total. The first-order chi connectivity index (χ1) is 7.43. The largest absolute Gasteiger partial charge is 0.393 e. The van der Waals surface area contributed by atoms with Gasteiger partial charge < -0.3 is 5.73 Å². The molecule has 4 nitrogen and oxygen atoms in total. The van der Waals surface area contributed by atoms with Crippen LogP contribution in [0.25, 0.3) is 0 Å². The molecular weight excluding hydrogens is 244 g/mol. The van der Waals surface area contributed by atoms with Gasteiger partial charge in [-0.15, -0.1) is 0 Å². The molecule has 1 rings (SSSR count). The summed E-state index contributed by atoms with van der Waals surface area (Å²) >= 11 is 4.81. The van der Waals surface area contributed by atoms with E-state index in [1.54, 1.807) is 0 Å². The van der Waals surface area contributed by atoms with E-state index in [-0.39, 0.29) is 11.2 Å². The number of thiocarbonyl (C=S) groups is 1. The highest BCUT2D eigenvalue weighted by atomic mass is 32.2. The van der Waals surface area contributed by atoms with Gasteiger partial charge in [0.15, 0.2) is 0 Å². The number of sulfonamides is 1. The Hall–Kier alpha value is -0.200. The Morgan fingerprint density at radius 2 is 2.00 bits per heavy atom. The van der Waals surface area contributed by atoms with Crippen molar-refractivity contribution >= 4 is 27.2 Å². The zero-order chi connectivity index (χ0) is 12.2. The minimum atomic E-state index is -3.18. The fraction of sp³-hybridized carbons (Fsp3) is 0.900. The van der Waals surface area contributed by atoms with Gasteiger partial charge in [0.1, 0.15) is 0 Å². The molecule has 0 heterocycles. The average Bonchev–Trinajstić information content (AvgIpc) is 2.27. The summed E-state index contributed by atoms with van der Waals surface area (Å²) in [5.74, 6) is -0.0895. The van der Waals surface area contributed by atoms with E-state index in [1.807, 2.05) is 6.92 Å². The van der Waals surface area contributed by atoms with Crippen LogP contribution < -0.4 is 10.5 Å². The molecule has 1 atom stereocenters. The summed E-state index contributed by atoms with van der Waals surface area (Å²) in [5.41, 5.74) is 5.44. The maximum absolute atomic E-state index is 11.9. The molecule has 0 aromatic heterocycles. The summed E-state index contributed by atoms with van der Waals surface area (Å²) in [6.07, 6.45) is 4.72. The van der Waals surface area contributed by atoms with Crippen LogP contribution in [-0.4, -0.2) is 25.2 Å². The third kappa shape index (κ3) is 3.99. The van der Waals surface area contributed by atoms with Crippen molar-refractivity contribution in [1.29, 1.82) is 0 Å². The van der Waals surface area contributed by atoms with Crippen LogP contribution in [0.2, 0.25) is 0 Å². The van der Waals surface area contributed by atoms with Crippen molar-refractivity contribution in [2.75, 3.05) is 6.54 Å². The van der Waals surface area contributed by atoms with Crippen molar-refractivity contribution in [2.45, 2.75) is 44.3 Å². The van der Waals surface area contributed by atoms with E-state index in [1.165, 1.54) is 0 Å². The van der Waals surface area contributed by atoms with Gasteiger partial charge in [-0.25, -0.2) is 13.1 Å². The van der Waals surface area contributed by atoms with Gasteiger partial charge >= 0.3 is 0 Å². The Bertz CT molecular complexity index is 335. The first-order valence-electron chi connectivity index (χ1n) is 5.71. The van der Waals surface area contributed by atoms with Crippen molar-refractivity contribution in [3.05, 3.63) is 0 Å². The maximum atomic E-state index is 11.9. The highest BCUT2D eigenvalue weighted by molar-refractivity contribution is 7.90. The lowest BCUT2D eigenvalue weighted by molar-refractivity contribution is 0.476. The van der Waals surface area contributed by atoms with Crippen LogP contribution >= 0.6 is 12.2 Å². The van der Waals surface area contributed by atoms with Crippen molar-refractivity contribution < 1.29 is 8.42 Å². The molecule has 1 aliphatic carbocycles. The van der Waals surface area contributed by atoms with E-state index >= 15 is 0 Å². The number of nitrogens with one attached hydrogen (secondary N) is 1. The molecule has 0 spiro atoms. The molecule has 1 aliphatic rings. The molecule has 1 unspecified atom stereocenters. The quantitative estimate of drug-likeness (QED) is 0.731. The number of hydrogen-bond acceptors (Lipinski definition) is 3. The maximum Gasteiger partial charge on any atom is 0.214 e. The van der Waals surface area contributed by atoms with E-state index in [0.717, 1.165) is 32.1 Å². The standard InChI is InChI=1S/C10H20N2O2S2/c1-8(10(11)15)7-12-16(13,14)9-5-3-2-4-6-9/h8-9,12H,2-7H2,1H3,(H2,11,15). The molecule has 0 saturated heterocycles. The van der Waals surface area contributed by atoms with Crippen LogP contribution in [0.4, 0.5) is 0 Å². The molecular formula is C10H20N2O2S2. The second-order valence-electron chi connectivity index (χ2n) is 4.46. The van der Waals surface area contributed by atoms with Crippen molar-refractivity contribution in [1.82, 2.24) is 4.72 Å². The molecule has 16 heavy (non-hydrogen) atoms. The van der Waals surface area contributed by atoms with Gasteiger partial charge in [0.25, 0.3) is 0 Å². The van der Waals surface area contributed by atoms with Crippen LogP contribution in [0.1, 0.15) is 39.0 Å².